The van der Waals surface area contributed by atoms with Gasteiger partial charge in [-0.05, 0) is 50.7 Å². The molecule has 0 unspecified atom stereocenters. The normalized spacial score (nSPS) is 20.6. The van der Waals surface area contributed by atoms with E-state index in [-0.39, 0.29) is 35.6 Å². The van der Waals surface area contributed by atoms with Crippen molar-refractivity contribution in [1.82, 2.24) is 24.2 Å². The Kier molecular flexibility index (Phi) is 7.77. The van der Waals surface area contributed by atoms with E-state index in [2.05, 4.69) is 29.9 Å². The number of nitrogens with two attached hydrogens (primary N) is 1. The summed E-state index contributed by atoms with van der Waals surface area (Å²) in [5, 5.41) is 16.0. The van der Waals surface area contributed by atoms with E-state index in [4.69, 9.17) is 10.7 Å². The standard InChI is InChI=1S/C25H34N8O4S/c26-16-9-11-17(12-10-16)30-25-31-22(21-23(32-25)33(15-28-21)18-5-1-2-6-18)27-13-14-29-38(36,37)20-8-4-3-7-19(20)24(34)35/h3-4,7-8,15-18,29H,1-2,5-6,9-14,26H2,(H,34,35)(H2,27,30,31,32). The summed E-state index contributed by atoms with van der Waals surface area (Å²) in [7, 11) is -4.02. The molecule has 2 aliphatic rings. The van der Waals surface area contributed by atoms with E-state index in [0.29, 0.717) is 23.3 Å². The van der Waals surface area contributed by atoms with Crippen molar-refractivity contribution in [2.75, 3.05) is 23.7 Å². The van der Waals surface area contributed by atoms with Gasteiger partial charge in [-0.2, -0.15) is 9.97 Å². The van der Waals surface area contributed by atoms with Gasteiger partial charge in [0.15, 0.2) is 17.0 Å². The lowest BCUT2D eigenvalue weighted by molar-refractivity contribution is 0.0692. The van der Waals surface area contributed by atoms with Gasteiger partial charge in [0.2, 0.25) is 16.0 Å². The molecule has 2 aromatic heterocycles. The fraction of sp³-hybridized carbons (Fsp3) is 0.520. The number of sulfonamides is 1. The molecule has 5 rings (SSSR count). The van der Waals surface area contributed by atoms with Gasteiger partial charge in [-0.15, -0.1) is 0 Å². The summed E-state index contributed by atoms with van der Waals surface area (Å²) in [6.45, 7) is 0.239. The van der Waals surface area contributed by atoms with Gasteiger partial charge in [-0.1, -0.05) is 25.0 Å². The van der Waals surface area contributed by atoms with Crippen LogP contribution in [0.5, 0.6) is 0 Å². The number of benzene rings is 1. The molecule has 0 bridgehead atoms. The van der Waals surface area contributed by atoms with Crippen molar-refractivity contribution in [1.29, 1.82) is 0 Å². The van der Waals surface area contributed by atoms with Crippen molar-refractivity contribution in [2.24, 2.45) is 5.73 Å². The lowest BCUT2D eigenvalue weighted by Crippen LogP contribution is -2.33. The number of carboxylic acid groups (broad SMARTS) is 1. The third kappa shape index (κ3) is 5.74. The number of aromatic carboxylic acids is 1. The number of fused-ring (bicyclic) bond motifs is 1. The van der Waals surface area contributed by atoms with Gasteiger partial charge in [0.1, 0.15) is 0 Å². The summed E-state index contributed by atoms with van der Waals surface area (Å²) in [6.07, 6.45) is 10.2. The zero-order valence-electron chi connectivity index (χ0n) is 21.1. The Bertz CT molecular complexity index is 1400. The lowest BCUT2D eigenvalue weighted by atomic mass is 9.92. The number of aromatic nitrogens is 4. The highest BCUT2D eigenvalue weighted by Crippen LogP contribution is 2.33. The van der Waals surface area contributed by atoms with E-state index in [1.165, 1.54) is 37.1 Å². The van der Waals surface area contributed by atoms with E-state index in [9.17, 15) is 18.3 Å². The van der Waals surface area contributed by atoms with E-state index in [1.807, 2.05) is 6.33 Å². The maximum Gasteiger partial charge on any atom is 0.337 e. The molecule has 0 radical (unpaired) electrons. The highest BCUT2D eigenvalue weighted by atomic mass is 32.2. The van der Waals surface area contributed by atoms with Crippen LogP contribution in [0, 0.1) is 0 Å². The molecule has 0 spiro atoms. The molecule has 2 heterocycles. The quantitative estimate of drug-likeness (QED) is 0.239. The van der Waals surface area contributed by atoms with Gasteiger partial charge in [-0.25, -0.2) is 22.9 Å². The molecule has 38 heavy (non-hydrogen) atoms. The predicted molar refractivity (Wildman–Crippen MR) is 144 cm³/mol. The first-order valence-corrected chi connectivity index (χ1v) is 14.6. The fourth-order valence-electron chi connectivity index (χ4n) is 5.32. The minimum atomic E-state index is -4.02. The largest absolute Gasteiger partial charge is 0.478 e. The second kappa shape index (κ2) is 11.2. The number of anilines is 2. The first kappa shape index (κ1) is 26.3. The molecule has 3 aromatic rings. The van der Waals surface area contributed by atoms with Gasteiger partial charge in [-0.3, -0.25) is 0 Å². The molecule has 0 atom stereocenters. The summed E-state index contributed by atoms with van der Waals surface area (Å²) >= 11 is 0. The van der Waals surface area contributed by atoms with E-state index < -0.39 is 16.0 Å². The van der Waals surface area contributed by atoms with Crippen molar-refractivity contribution in [3.8, 4) is 0 Å². The van der Waals surface area contributed by atoms with Crippen LogP contribution in [0.3, 0.4) is 0 Å². The fourth-order valence-corrected chi connectivity index (χ4v) is 6.55. The first-order chi connectivity index (χ1) is 18.3. The molecular weight excluding hydrogens is 508 g/mol. The maximum atomic E-state index is 12.8. The molecular formula is C25H34N8O4S. The highest BCUT2D eigenvalue weighted by molar-refractivity contribution is 7.89. The van der Waals surface area contributed by atoms with Crippen molar-refractivity contribution >= 4 is 38.9 Å². The van der Waals surface area contributed by atoms with Gasteiger partial charge >= 0.3 is 5.97 Å². The van der Waals surface area contributed by atoms with Crippen LogP contribution in [0.4, 0.5) is 11.8 Å². The summed E-state index contributed by atoms with van der Waals surface area (Å²) in [5.41, 5.74) is 7.17. The monoisotopic (exact) mass is 542 g/mol. The Balaban J connectivity index is 1.33. The minimum Gasteiger partial charge on any atom is -0.478 e. The van der Waals surface area contributed by atoms with E-state index in [1.54, 1.807) is 0 Å². The molecule has 204 valence electrons. The number of hydrogen-bond acceptors (Lipinski definition) is 9. The van der Waals surface area contributed by atoms with Crippen LogP contribution in [0.2, 0.25) is 0 Å². The second-order valence-electron chi connectivity index (χ2n) is 10.0. The SMILES string of the molecule is NC1CCC(Nc2nc(NCCNS(=O)(=O)c3ccccc3C(=O)O)c3ncn(C4CCCC4)c3n2)CC1. The number of imidazole rings is 1. The number of nitrogens with zero attached hydrogens (tertiary/aromatic N) is 4. The Morgan fingerprint density at radius 3 is 2.53 bits per heavy atom. The number of carboxylic acids is 1. The van der Waals surface area contributed by atoms with Crippen LogP contribution in [0.15, 0.2) is 35.5 Å². The number of carbonyl (C=O) groups is 1. The maximum absolute atomic E-state index is 12.8. The predicted octanol–water partition coefficient (Wildman–Crippen LogP) is 2.71. The summed E-state index contributed by atoms with van der Waals surface area (Å²) in [6, 6.07) is 6.35. The Morgan fingerprint density at radius 2 is 1.79 bits per heavy atom. The van der Waals surface area contributed by atoms with Crippen molar-refractivity contribution in [3.63, 3.8) is 0 Å². The molecule has 6 N–H and O–H groups in total. The minimum absolute atomic E-state index is 0.0222. The van der Waals surface area contributed by atoms with E-state index >= 15 is 0 Å². The average molecular weight is 543 g/mol. The average Bonchev–Trinajstić information content (AvgIpc) is 3.58. The summed E-state index contributed by atoms with van der Waals surface area (Å²) in [5.74, 6) is -0.270. The van der Waals surface area contributed by atoms with Gasteiger partial charge < -0.3 is 26.0 Å². The third-order valence-electron chi connectivity index (χ3n) is 7.36. The molecule has 1 aromatic carbocycles. The van der Waals surface area contributed by atoms with Crippen LogP contribution in [0.25, 0.3) is 11.2 Å². The Hall–Kier alpha value is -3.29. The Labute approximate surface area is 221 Å². The first-order valence-electron chi connectivity index (χ1n) is 13.1. The van der Waals surface area contributed by atoms with Gasteiger partial charge in [0, 0.05) is 31.2 Å². The van der Waals surface area contributed by atoms with Crippen LogP contribution >= 0.6 is 0 Å². The topological polar surface area (TPSA) is 177 Å². The zero-order valence-corrected chi connectivity index (χ0v) is 22.0. The molecule has 0 amide bonds. The van der Waals surface area contributed by atoms with Crippen LogP contribution in [0.1, 0.15) is 67.8 Å². The van der Waals surface area contributed by atoms with Crippen molar-refractivity contribution < 1.29 is 18.3 Å². The number of rotatable bonds is 10. The number of nitrogens with one attached hydrogen (secondary N) is 3. The summed E-state index contributed by atoms with van der Waals surface area (Å²) in [4.78, 5) is 25.3. The molecule has 2 saturated carbocycles. The van der Waals surface area contributed by atoms with Crippen LogP contribution in [-0.2, 0) is 10.0 Å². The molecule has 12 nitrogen and oxygen atoms in total. The van der Waals surface area contributed by atoms with Crippen molar-refractivity contribution in [2.45, 2.75) is 74.4 Å². The molecule has 13 heteroatoms. The highest BCUT2D eigenvalue weighted by Gasteiger charge is 2.24. The molecule has 0 saturated heterocycles. The van der Waals surface area contributed by atoms with E-state index in [0.717, 1.165) is 44.2 Å². The van der Waals surface area contributed by atoms with Crippen molar-refractivity contribution in [3.05, 3.63) is 36.2 Å². The third-order valence-corrected chi connectivity index (χ3v) is 8.88. The second-order valence-corrected chi connectivity index (χ2v) is 11.8. The zero-order chi connectivity index (χ0) is 26.7. The molecule has 2 fully saturated rings. The smallest absolute Gasteiger partial charge is 0.337 e. The molecule has 2 aliphatic carbocycles. The van der Waals surface area contributed by atoms with Gasteiger partial charge in [0.25, 0.3) is 0 Å². The molecule has 0 aliphatic heterocycles. The summed E-state index contributed by atoms with van der Waals surface area (Å²) < 4.78 is 30.1. The Morgan fingerprint density at radius 1 is 1.05 bits per heavy atom. The number of hydrogen-bond donors (Lipinski definition) is 5. The van der Waals surface area contributed by atoms with Crippen LogP contribution < -0.4 is 21.1 Å². The van der Waals surface area contributed by atoms with Crippen LogP contribution in [-0.4, -0.2) is 64.2 Å². The lowest BCUT2D eigenvalue weighted by Gasteiger charge is -2.27. The van der Waals surface area contributed by atoms with Gasteiger partial charge in [0.05, 0.1) is 16.8 Å².